The minimum Gasteiger partial charge on any atom is -0.507 e. The molecule has 7 heteroatoms. The summed E-state index contributed by atoms with van der Waals surface area (Å²) in [5.74, 6) is -0.492. The average Bonchev–Trinajstić information content (AvgIpc) is 2.60. The van der Waals surface area contributed by atoms with Crippen molar-refractivity contribution in [1.29, 1.82) is 0 Å². The molecule has 0 spiro atoms. The van der Waals surface area contributed by atoms with Crippen molar-refractivity contribution in [2.75, 3.05) is 25.0 Å². The quantitative estimate of drug-likeness (QED) is 0.508. The predicted molar refractivity (Wildman–Crippen MR) is 110 cm³/mol. The van der Waals surface area contributed by atoms with Gasteiger partial charge in [-0.3, -0.25) is 10.1 Å². The van der Waals surface area contributed by atoms with Gasteiger partial charge in [0.1, 0.15) is 11.4 Å². The van der Waals surface area contributed by atoms with Gasteiger partial charge in [-0.1, -0.05) is 6.42 Å². The molecule has 0 aromatic heterocycles. The molecule has 1 atom stereocenters. The molecule has 1 fully saturated rings. The van der Waals surface area contributed by atoms with E-state index < -0.39 is 11.7 Å². The number of rotatable bonds is 6. The summed E-state index contributed by atoms with van der Waals surface area (Å²) in [5.41, 5.74) is -0.105. The first-order valence-corrected chi connectivity index (χ1v) is 10.0. The van der Waals surface area contributed by atoms with Gasteiger partial charge in [-0.15, -0.1) is 0 Å². The molecule has 2 amide bonds. The van der Waals surface area contributed by atoms with Gasteiger partial charge in [-0.25, -0.2) is 4.79 Å². The first kappa shape index (κ1) is 22.0. The van der Waals surface area contributed by atoms with E-state index in [4.69, 9.17) is 4.74 Å². The van der Waals surface area contributed by atoms with E-state index in [0.29, 0.717) is 18.3 Å². The number of benzene rings is 1. The first-order chi connectivity index (χ1) is 13.2. The van der Waals surface area contributed by atoms with Crippen molar-refractivity contribution >= 4 is 17.7 Å². The number of anilines is 1. The largest absolute Gasteiger partial charge is 0.507 e. The van der Waals surface area contributed by atoms with Gasteiger partial charge in [0.15, 0.2) is 0 Å². The number of nitrogens with zero attached hydrogens (tertiary/aromatic N) is 1. The maximum Gasteiger partial charge on any atom is 0.412 e. The molecule has 2 rings (SSSR count). The zero-order valence-corrected chi connectivity index (χ0v) is 17.4. The Labute approximate surface area is 167 Å². The lowest BCUT2D eigenvalue weighted by molar-refractivity contribution is 0.0635. The second kappa shape index (κ2) is 9.78. The van der Waals surface area contributed by atoms with Gasteiger partial charge in [-0.05, 0) is 71.7 Å². The van der Waals surface area contributed by atoms with Crippen LogP contribution < -0.4 is 10.6 Å². The molecular weight excluding hydrogens is 358 g/mol. The maximum absolute atomic E-state index is 12.4. The second-order valence-electron chi connectivity index (χ2n) is 8.35. The van der Waals surface area contributed by atoms with E-state index in [9.17, 15) is 14.7 Å². The minimum atomic E-state index is -0.618. The van der Waals surface area contributed by atoms with Crippen LogP contribution in [0.2, 0.25) is 0 Å². The first-order valence-electron chi connectivity index (χ1n) is 10.0. The van der Waals surface area contributed by atoms with Crippen LogP contribution in [0, 0.1) is 0 Å². The Morgan fingerprint density at radius 1 is 1.29 bits per heavy atom. The van der Waals surface area contributed by atoms with Gasteiger partial charge in [0.05, 0.1) is 5.56 Å². The van der Waals surface area contributed by atoms with Crippen molar-refractivity contribution in [2.24, 2.45) is 0 Å². The number of aromatic hydroxyl groups is 1. The SMILES string of the molecule is CC1CCCCN1CCCNC(=O)c1cc(NC(=O)OC(C)(C)C)ccc1O. The monoisotopic (exact) mass is 391 g/mol. The van der Waals surface area contributed by atoms with Crippen LogP contribution in [0.25, 0.3) is 0 Å². The summed E-state index contributed by atoms with van der Waals surface area (Å²) in [7, 11) is 0. The van der Waals surface area contributed by atoms with E-state index in [1.165, 1.54) is 37.5 Å². The van der Waals surface area contributed by atoms with Crippen LogP contribution >= 0.6 is 0 Å². The highest BCUT2D eigenvalue weighted by Gasteiger charge is 2.19. The van der Waals surface area contributed by atoms with Crippen molar-refractivity contribution in [3.05, 3.63) is 23.8 Å². The van der Waals surface area contributed by atoms with Crippen LogP contribution in [0.5, 0.6) is 5.75 Å². The summed E-state index contributed by atoms with van der Waals surface area (Å²) in [6.45, 7) is 10.2. The summed E-state index contributed by atoms with van der Waals surface area (Å²) < 4.78 is 5.20. The third-order valence-corrected chi connectivity index (χ3v) is 4.73. The molecule has 0 saturated carbocycles. The Balaban J connectivity index is 1.85. The van der Waals surface area contributed by atoms with Gasteiger partial charge in [0.2, 0.25) is 0 Å². The number of carbonyl (C=O) groups excluding carboxylic acids is 2. The molecule has 0 bridgehead atoms. The van der Waals surface area contributed by atoms with Crippen LogP contribution in [0.15, 0.2) is 18.2 Å². The molecule has 1 saturated heterocycles. The molecular formula is C21H33N3O4. The molecule has 1 aliphatic heterocycles. The zero-order valence-electron chi connectivity index (χ0n) is 17.4. The van der Waals surface area contributed by atoms with Crippen LogP contribution in [0.1, 0.15) is 63.7 Å². The number of carbonyl (C=O) groups is 2. The van der Waals surface area contributed by atoms with Crippen molar-refractivity contribution in [1.82, 2.24) is 10.2 Å². The van der Waals surface area contributed by atoms with Crippen molar-refractivity contribution < 1.29 is 19.4 Å². The third-order valence-electron chi connectivity index (χ3n) is 4.73. The number of piperidine rings is 1. The summed E-state index contributed by atoms with van der Waals surface area (Å²) in [5, 5.41) is 15.4. The van der Waals surface area contributed by atoms with Crippen LogP contribution in [0.4, 0.5) is 10.5 Å². The Kier molecular flexibility index (Phi) is 7.69. The Morgan fingerprint density at radius 3 is 2.71 bits per heavy atom. The van der Waals surface area contributed by atoms with E-state index in [1.807, 2.05) is 0 Å². The molecule has 0 radical (unpaired) electrons. The number of hydrogen-bond donors (Lipinski definition) is 3. The van der Waals surface area contributed by atoms with Crippen molar-refractivity contribution in [2.45, 2.75) is 65.0 Å². The van der Waals surface area contributed by atoms with Gasteiger partial charge in [0.25, 0.3) is 5.91 Å². The van der Waals surface area contributed by atoms with Gasteiger partial charge < -0.3 is 20.1 Å². The number of nitrogens with one attached hydrogen (secondary N) is 2. The molecule has 1 heterocycles. The predicted octanol–water partition coefficient (Wildman–Crippen LogP) is 3.73. The molecule has 0 aliphatic carbocycles. The molecule has 3 N–H and O–H groups in total. The highest BCUT2D eigenvalue weighted by molar-refractivity contribution is 5.98. The number of hydrogen-bond acceptors (Lipinski definition) is 5. The summed E-state index contributed by atoms with van der Waals surface area (Å²) in [4.78, 5) is 26.8. The fourth-order valence-corrected chi connectivity index (χ4v) is 3.29. The van der Waals surface area contributed by atoms with Gasteiger partial charge in [-0.2, -0.15) is 0 Å². The molecule has 1 aliphatic rings. The average molecular weight is 392 g/mol. The van der Waals surface area contributed by atoms with Gasteiger partial charge in [0, 0.05) is 24.8 Å². The van der Waals surface area contributed by atoms with Crippen LogP contribution in [0.3, 0.4) is 0 Å². The standard InChI is InChI=1S/C21H33N3O4/c1-15-8-5-6-12-24(15)13-7-11-22-19(26)17-14-16(9-10-18(17)25)23-20(27)28-21(2,3)4/h9-10,14-15,25H,5-8,11-13H2,1-4H3,(H,22,26)(H,23,27). The normalized spacial score (nSPS) is 17.8. The number of phenols is 1. The zero-order chi connectivity index (χ0) is 20.7. The molecule has 1 aromatic rings. The molecule has 1 unspecified atom stereocenters. The van der Waals surface area contributed by atoms with Crippen LogP contribution in [-0.2, 0) is 4.74 Å². The fraction of sp³-hybridized carbons (Fsp3) is 0.619. The number of amides is 2. The van der Waals surface area contributed by atoms with E-state index in [2.05, 4.69) is 22.5 Å². The maximum atomic E-state index is 12.4. The number of phenolic OH excluding ortho intramolecular Hbond substituents is 1. The lowest BCUT2D eigenvalue weighted by Gasteiger charge is -2.33. The Morgan fingerprint density at radius 2 is 2.04 bits per heavy atom. The van der Waals surface area contributed by atoms with E-state index in [-0.39, 0.29) is 17.2 Å². The lowest BCUT2D eigenvalue weighted by atomic mass is 10.0. The minimum absolute atomic E-state index is 0.125. The summed E-state index contributed by atoms with van der Waals surface area (Å²) in [6.07, 6.45) is 4.01. The van der Waals surface area contributed by atoms with Crippen LogP contribution in [-0.4, -0.2) is 53.3 Å². The Hall–Kier alpha value is -2.28. The second-order valence-corrected chi connectivity index (χ2v) is 8.35. The van der Waals surface area contributed by atoms with Crippen molar-refractivity contribution in [3.8, 4) is 5.75 Å². The molecule has 7 nitrogen and oxygen atoms in total. The molecule has 1 aromatic carbocycles. The highest BCUT2D eigenvalue weighted by atomic mass is 16.6. The van der Waals surface area contributed by atoms with E-state index in [0.717, 1.165) is 19.5 Å². The number of likely N-dealkylation sites (tertiary alicyclic amines) is 1. The smallest absolute Gasteiger partial charge is 0.412 e. The third kappa shape index (κ3) is 7.03. The topological polar surface area (TPSA) is 90.9 Å². The summed E-state index contributed by atoms with van der Waals surface area (Å²) in [6, 6.07) is 4.95. The number of ether oxygens (including phenoxy) is 1. The summed E-state index contributed by atoms with van der Waals surface area (Å²) >= 11 is 0. The van der Waals surface area contributed by atoms with E-state index in [1.54, 1.807) is 20.8 Å². The molecule has 156 valence electrons. The van der Waals surface area contributed by atoms with Gasteiger partial charge >= 0.3 is 6.09 Å². The lowest BCUT2D eigenvalue weighted by Crippen LogP contribution is -2.39. The Bertz CT molecular complexity index is 685. The van der Waals surface area contributed by atoms with Crippen molar-refractivity contribution in [3.63, 3.8) is 0 Å². The molecule has 28 heavy (non-hydrogen) atoms. The highest BCUT2D eigenvalue weighted by Crippen LogP contribution is 2.22. The fourth-order valence-electron chi connectivity index (χ4n) is 3.29. The van der Waals surface area contributed by atoms with E-state index >= 15 is 0 Å².